The van der Waals surface area contributed by atoms with Crippen LogP contribution in [-0.2, 0) is 9.53 Å². The number of nitrogens with one attached hydrogen (secondary N) is 1. The number of nitrogens with zero attached hydrogens (tertiary/aromatic N) is 1. The van der Waals surface area contributed by atoms with Crippen LogP contribution in [0.3, 0.4) is 0 Å². The van der Waals surface area contributed by atoms with Crippen LogP contribution >= 0.6 is 0 Å². The average molecular weight is 432 g/mol. The maximum atomic E-state index is 12.7. The molecule has 1 atom stereocenters. The topological polar surface area (TPSA) is 116 Å². The van der Waals surface area contributed by atoms with Crippen molar-refractivity contribution in [1.29, 1.82) is 0 Å². The van der Waals surface area contributed by atoms with Gasteiger partial charge in [-0.3, -0.25) is 19.7 Å². The second kappa shape index (κ2) is 10.6. The van der Waals surface area contributed by atoms with Gasteiger partial charge in [-0.15, -0.1) is 0 Å². The molecule has 0 aliphatic carbocycles. The van der Waals surface area contributed by atoms with Crippen molar-refractivity contribution in [3.05, 3.63) is 106 Å². The number of para-hydroxylation sites is 1. The summed E-state index contributed by atoms with van der Waals surface area (Å²) in [6.45, 7) is -0.605. The SMILES string of the molecule is O=C(COC(=O)C(CC(=O)c1ccccc1)Nc1ccccc1)c1cccc([N+](=O)[O-])c1. The van der Waals surface area contributed by atoms with E-state index in [0.717, 1.165) is 6.07 Å². The van der Waals surface area contributed by atoms with E-state index in [1.807, 2.05) is 6.07 Å². The Labute approximate surface area is 184 Å². The number of nitro benzene ring substituents is 1. The van der Waals surface area contributed by atoms with Gasteiger partial charge in [-0.1, -0.05) is 60.7 Å². The molecule has 3 rings (SSSR count). The van der Waals surface area contributed by atoms with E-state index in [9.17, 15) is 24.5 Å². The lowest BCUT2D eigenvalue weighted by atomic mass is 10.0. The molecule has 8 heteroatoms. The molecule has 0 bridgehead atoms. The number of non-ortho nitro benzene ring substituents is 1. The van der Waals surface area contributed by atoms with Gasteiger partial charge in [0, 0.05) is 35.4 Å². The first-order chi connectivity index (χ1) is 15.4. The van der Waals surface area contributed by atoms with Gasteiger partial charge >= 0.3 is 5.97 Å². The molecule has 0 spiro atoms. The number of esters is 1. The molecule has 0 aliphatic rings. The second-order valence-corrected chi connectivity index (χ2v) is 6.89. The third-order valence-electron chi connectivity index (χ3n) is 4.61. The van der Waals surface area contributed by atoms with E-state index >= 15 is 0 Å². The molecule has 32 heavy (non-hydrogen) atoms. The molecule has 0 aromatic heterocycles. The molecule has 3 aromatic rings. The van der Waals surface area contributed by atoms with Crippen LogP contribution in [0.4, 0.5) is 11.4 Å². The smallest absolute Gasteiger partial charge is 0.329 e. The number of nitro groups is 1. The van der Waals surface area contributed by atoms with Crippen molar-refractivity contribution in [2.24, 2.45) is 0 Å². The van der Waals surface area contributed by atoms with E-state index in [2.05, 4.69) is 5.32 Å². The summed E-state index contributed by atoms with van der Waals surface area (Å²) in [4.78, 5) is 48.0. The van der Waals surface area contributed by atoms with Gasteiger partial charge in [0.1, 0.15) is 6.04 Å². The Kier molecular flexibility index (Phi) is 7.42. The van der Waals surface area contributed by atoms with Gasteiger partial charge in [-0.25, -0.2) is 4.79 Å². The molecule has 1 N–H and O–H groups in total. The number of Topliss-reactive ketones (excluding diaryl/α,β-unsaturated/α-hetero) is 2. The highest BCUT2D eigenvalue weighted by Crippen LogP contribution is 2.16. The van der Waals surface area contributed by atoms with Crippen molar-refractivity contribution in [2.75, 3.05) is 11.9 Å². The number of anilines is 1. The van der Waals surface area contributed by atoms with Crippen LogP contribution in [0.25, 0.3) is 0 Å². The van der Waals surface area contributed by atoms with Crippen molar-refractivity contribution in [3.8, 4) is 0 Å². The predicted octanol–water partition coefficient (Wildman–Crippen LogP) is 4.07. The molecular weight excluding hydrogens is 412 g/mol. The molecule has 0 fully saturated rings. The summed E-state index contributed by atoms with van der Waals surface area (Å²) in [5, 5.41) is 13.9. The number of hydrogen-bond acceptors (Lipinski definition) is 7. The standard InChI is InChI=1S/C24H20N2O6/c27-22(17-8-3-1-4-9-17)15-21(25-19-11-5-2-6-12-19)24(29)32-16-23(28)18-10-7-13-20(14-18)26(30)31/h1-14,21,25H,15-16H2. The van der Waals surface area contributed by atoms with Gasteiger partial charge < -0.3 is 10.1 Å². The quantitative estimate of drug-likeness (QED) is 0.222. The molecule has 0 aliphatic heterocycles. The number of carbonyl (C=O) groups is 3. The van der Waals surface area contributed by atoms with E-state index in [-0.39, 0.29) is 23.5 Å². The van der Waals surface area contributed by atoms with Gasteiger partial charge in [0.05, 0.1) is 4.92 Å². The zero-order valence-electron chi connectivity index (χ0n) is 17.0. The summed E-state index contributed by atoms with van der Waals surface area (Å²) >= 11 is 0. The van der Waals surface area contributed by atoms with Crippen LogP contribution in [0.2, 0.25) is 0 Å². The predicted molar refractivity (Wildman–Crippen MR) is 118 cm³/mol. The first kappa shape index (κ1) is 22.4. The van der Waals surface area contributed by atoms with Crippen molar-refractivity contribution in [2.45, 2.75) is 12.5 Å². The van der Waals surface area contributed by atoms with Crippen molar-refractivity contribution in [3.63, 3.8) is 0 Å². The van der Waals surface area contributed by atoms with Crippen LogP contribution in [0.15, 0.2) is 84.9 Å². The van der Waals surface area contributed by atoms with E-state index in [1.165, 1.54) is 18.2 Å². The molecule has 0 saturated carbocycles. The van der Waals surface area contributed by atoms with E-state index in [1.54, 1.807) is 54.6 Å². The fourth-order valence-corrected chi connectivity index (χ4v) is 2.97. The number of rotatable bonds is 10. The molecular formula is C24H20N2O6. The molecule has 8 nitrogen and oxygen atoms in total. The Morgan fingerprint density at radius 3 is 2.12 bits per heavy atom. The zero-order chi connectivity index (χ0) is 22.9. The summed E-state index contributed by atoms with van der Waals surface area (Å²) < 4.78 is 5.16. The molecule has 0 radical (unpaired) electrons. The first-order valence-electron chi connectivity index (χ1n) is 9.78. The summed E-state index contributed by atoms with van der Waals surface area (Å²) in [6, 6.07) is 21.5. The number of ether oxygens (including phenoxy) is 1. The highest BCUT2D eigenvalue weighted by molar-refractivity contribution is 6.01. The summed E-state index contributed by atoms with van der Waals surface area (Å²) in [7, 11) is 0. The van der Waals surface area contributed by atoms with Crippen LogP contribution in [-0.4, -0.2) is 35.1 Å². The lowest BCUT2D eigenvalue weighted by Crippen LogP contribution is -2.34. The van der Waals surface area contributed by atoms with E-state index < -0.39 is 29.3 Å². The van der Waals surface area contributed by atoms with Crippen molar-refractivity contribution in [1.82, 2.24) is 0 Å². The van der Waals surface area contributed by atoms with Crippen molar-refractivity contribution >= 4 is 28.9 Å². The maximum absolute atomic E-state index is 12.7. The number of carbonyl (C=O) groups excluding carboxylic acids is 3. The van der Waals surface area contributed by atoms with E-state index in [4.69, 9.17) is 4.74 Å². The van der Waals surface area contributed by atoms with Gasteiger partial charge in [-0.2, -0.15) is 0 Å². The van der Waals surface area contributed by atoms with Crippen LogP contribution in [0.5, 0.6) is 0 Å². The Hall–Kier alpha value is -4.33. The lowest BCUT2D eigenvalue weighted by molar-refractivity contribution is -0.384. The Morgan fingerprint density at radius 1 is 0.844 bits per heavy atom. The van der Waals surface area contributed by atoms with Gasteiger partial charge in [0.25, 0.3) is 5.69 Å². The number of ketones is 2. The molecule has 3 aromatic carbocycles. The van der Waals surface area contributed by atoms with Crippen molar-refractivity contribution < 1.29 is 24.0 Å². The van der Waals surface area contributed by atoms with Gasteiger partial charge in [0.15, 0.2) is 12.4 Å². The average Bonchev–Trinajstić information content (AvgIpc) is 2.83. The minimum atomic E-state index is -1.02. The molecule has 0 saturated heterocycles. The Morgan fingerprint density at radius 2 is 1.47 bits per heavy atom. The minimum absolute atomic E-state index is 0.0555. The largest absolute Gasteiger partial charge is 0.456 e. The van der Waals surface area contributed by atoms with E-state index in [0.29, 0.717) is 11.3 Å². The fraction of sp³-hybridized carbons (Fsp3) is 0.125. The fourth-order valence-electron chi connectivity index (χ4n) is 2.97. The van der Waals surface area contributed by atoms with Crippen LogP contribution in [0.1, 0.15) is 27.1 Å². The molecule has 162 valence electrons. The number of hydrogen-bond donors (Lipinski definition) is 1. The second-order valence-electron chi connectivity index (χ2n) is 6.89. The Bertz CT molecular complexity index is 1120. The summed E-state index contributed by atoms with van der Waals surface area (Å²) in [5.74, 6) is -1.63. The third kappa shape index (κ3) is 6.09. The molecule has 1 unspecified atom stereocenters. The first-order valence-corrected chi connectivity index (χ1v) is 9.78. The normalized spacial score (nSPS) is 11.2. The van der Waals surface area contributed by atoms with Crippen LogP contribution in [0, 0.1) is 10.1 Å². The summed E-state index contributed by atoms with van der Waals surface area (Å²) in [6.07, 6.45) is -0.178. The highest BCUT2D eigenvalue weighted by Gasteiger charge is 2.25. The van der Waals surface area contributed by atoms with Gasteiger partial charge in [-0.05, 0) is 12.1 Å². The monoisotopic (exact) mass is 432 g/mol. The third-order valence-corrected chi connectivity index (χ3v) is 4.61. The molecule has 0 amide bonds. The lowest BCUT2D eigenvalue weighted by Gasteiger charge is -2.18. The molecule has 0 heterocycles. The van der Waals surface area contributed by atoms with Gasteiger partial charge in [0.2, 0.25) is 5.78 Å². The van der Waals surface area contributed by atoms with Crippen LogP contribution < -0.4 is 5.32 Å². The minimum Gasteiger partial charge on any atom is -0.456 e. The highest BCUT2D eigenvalue weighted by atomic mass is 16.6. The zero-order valence-corrected chi connectivity index (χ0v) is 17.0. The number of benzene rings is 3. The summed E-state index contributed by atoms with van der Waals surface area (Å²) in [5.41, 5.74) is 0.882. The Balaban J connectivity index is 1.70. The maximum Gasteiger partial charge on any atom is 0.329 e.